The first-order valence-electron chi connectivity index (χ1n) is 41.8. The molecule has 0 saturated carbocycles. The van der Waals surface area contributed by atoms with Gasteiger partial charge in [-0.05, 0) is 107 Å². The van der Waals surface area contributed by atoms with Crippen molar-refractivity contribution in [1.29, 1.82) is 0 Å². The molecule has 0 saturated heterocycles. The summed E-state index contributed by atoms with van der Waals surface area (Å²) in [7, 11) is 0. The lowest BCUT2D eigenvalue weighted by Crippen LogP contribution is -2.18. The van der Waals surface area contributed by atoms with Crippen molar-refractivity contribution in [3.8, 4) is 0 Å². The second-order valence-corrected chi connectivity index (χ2v) is 39.8. The number of imidazole rings is 1. The van der Waals surface area contributed by atoms with Crippen LogP contribution in [0.25, 0.3) is 0 Å². The molecule has 0 radical (unpaired) electrons. The number of hydrogen-bond acceptors (Lipinski definition) is 22. The number of thiophene rings is 1. The Kier molecular flexibility index (Phi) is 51.2. The van der Waals surface area contributed by atoms with Crippen LogP contribution in [0.15, 0.2) is 52.3 Å². The molecule has 4 N–H and O–H groups in total. The maximum atomic E-state index is 9.17. The summed E-state index contributed by atoms with van der Waals surface area (Å²) in [6.07, 6.45) is 11.1. The molecule has 0 amide bonds. The third-order valence-corrected chi connectivity index (χ3v) is 21.0. The quantitative estimate of drug-likeness (QED) is 0.0393. The van der Waals surface area contributed by atoms with E-state index >= 15 is 0 Å². The van der Waals surface area contributed by atoms with Crippen LogP contribution in [0.1, 0.15) is 415 Å². The molecule has 0 bridgehead atoms. The molecule has 9 rings (SSSR count). The van der Waals surface area contributed by atoms with Gasteiger partial charge in [-0.3, -0.25) is 0 Å². The lowest BCUT2D eigenvalue weighted by molar-refractivity contribution is 0.212. The average molecular weight is 1630 g/mol. The summed E-state index contributed by atoms with van der Waals surface area (Å²) in [4.78, 5) is 22.7. The lowest BCUT2D eigenvalue weighted by Gasteiger charge is -2.13. The largest absolute Gasteiger partial charge is 0.449 e. The molecule has 23 heteroatoms. The molecule has 112 heavy (non-hydrogen) atoms. The number of thiazole rings is 2. The summed E-state index contributed by atoms with van der Waals surface area (Å²) in [5, 5.41) is 52.8. The summed E-state index contributed by atoms with van der Waals surface area (Å²) in [5.41, 5.74) is 12.0. The van der Waals surface area contributed by atoms with E-state index in [1.807, 2.05) is 72.9 Å². The highest BCUT2D eigenvalue weighted by atomic mass is 32.1. The Morgan fingerprint density at radius 3 is 1.23 bits per heavy atom. The number of aliphatic hydroxyl groups is 1. The maximum absolute atomic E-state index is 9.17. The molecule has 9 heterocycles. The van der Waals surface area contributed by atoms with Crippen molar-refractivity contribution < 1.29 is 22.8 Å². The maximum Gasteiger partial charge on any atom is 0.222 e. The highest BCUT2D eigenvalue weighted by Crippen LogP contribution is 2.29. The van der Waals surface area contributed by atoms with E-state index in [4.69, 9.17) is 28.5 Å². The van der Waals surface area contributed by atoms with Crippen molar-refractivity contribution in [3.63, 3.8) is 0 Å². The smallest absolute Gasteiger partial charge is 0.222 e. The van der Waals surface area contributed by atoms with Gasteiger partial charge < -0.3 is 33.5 Å². The Morgan fingerprint density at radius 2 is 0.857 bits per heavy atom. The fourth-order valence-electron chi connectivity index (χ4n) is 9.89. The summed E-state index contributed by atoms with van der Waals surface area (Å²) < 4.78 is 21.8. The minimum absolute atomic E-state index is 0.0463. The van der Waals surface area contributed by atoms with Gasteiger partial charge in [0.25, 0.3) is 0 Å². The summed E-state index contributed by atoms with van der Waals surface area (Å²) in [6.45, 7) is 78.1. The molecular formula is C89H156N14O5S4. The van der Waals surface area contributed by atoms with Gasteiger partial charge in [0, 0.05) is 95.8 Å². The zero-order valence-corrected chi connectivity index (χ0v) is 79.8. The van der Waals surface area contributed by atoms with Gasteiger partial charge in [-0.25, -0.2) is 19.9 Å². The number of aliphatic hydroxyl groups excluding tert-OH is 1. The molecule has 2 unspecified atom stereocenters. The summed E-state index contributed by atoms with van der Waals surface area (Å²) in [6, 6.07) is 2.36. The Morgan fingerprint density at radius 1 is 0.384 bits per heavy atom. The van der Waals surface area contributed by atoms with Crippen LogP contribution in [0.5, 0.6) is 0 Å². The number of aromatic nitrogens is 13. The number of hydrogen-bond donors (Lipinski definition) is 3. The second-order valence-electron chi connectivity index (χ2n) is 35.9. The van der Waals surface area contributed by atoms with E-state index in [0.717, 1.165) is 84.6 Å². The average Bonchev–Trinajstić information content (AvgIpc) is 1.72. The van der Waals surface area contributed by atoms with E-state index in [1.165, 1.54) is 49.0 Å². The lowest BCUT2D eigenvalue weighted by atomic mass is 9.96. The first-order chi connectivity index (χ1) is 52.3. The normalized spacial score (nSPS) is 12.1. The number of oxazole rings is 1. The molecule has 0 aromatic carbocycles. The molecule has 9 aromatic rings. The van der Waals surface area contributed by atoms with E-state index < -0.39 is 0 Å². The van der Waals surface area contributed by atoms with Crippen LogP contribution in [0, 0.1) is 53.3 Å². The number of H-pyrrole nitrogens is 1. The van der Waals surface area contributed by atoms with Gasteiger partial charge in [-0.1, -0.05) is 249 Å². The van der Waals surface area contributed by atoms with Gasteiger partial charge in [-0.2, -0.15) is 0 Å². The number of nitrogens with one attached hydrogen (secondary N) is 1. The SMILES string of the molecule is CC(C)Cc1cc(C(C)C)cs1.CC(C)Cc1csc(C(C)C)n1.CC(C)Cc1nc(C(C)C)co1.CC(C)Cc1nc(C(C)C)cs1.CC(C)Cc1ncc(C(C)C)[nH]1.CC(C)Cc1nnc(C(C)C)o1.CC(C)Cc1nnc(C(C)C)s1.CC(C)c1nnc(C(CN)C(C)C)o1.CC(C)c1nnc(C(CO)C(C)C)o1. The van der Waals surface area contributed by atoms with Crippen LogP contribution in [0.2, 0.25) is 0 Å². The van der Waals surface area contributed by atoms with Gasteiger partial charge in [0.1, 0.15) is 22.1 Å². The Bertz CT molecular complexity index is 3200. The predicted octanol–water partition coefficient (Wildman–Crippen LogP) is 25.8. The van der Waals surface area contributed by atoms with E-state index in [1.54, 1.807) is 40.3 Å². The Balaban J connectivity index is 0.000000630. The van der Waals surface area contributed by atoms with Gasteiger partial charge in [0.15, 0.2) is 5.89 Å². The topological polar surface area (TPSA) is 269 Å². The van der Waals surface area contributed by atoms with E-state index in [2.05, 4.69) is 282 Å². The third-order valence-electron chi connectivity index (χ3n) is 16.7. The predicted molar refractivity (Wildman–Crippen MR) is 474 cm³/mol. The van der Waals surface area contributed by atoms with Gasteiger partial charge in [0.2, 0.25) is 35.3 Å². The van der Waals surface area contributed by atoms with Crippen molar-refractivity contribution in [1.82, 2.24) is 65.7 Å². The second kappa shape index (κ2) is 55.0. The van der Waals surface area contributed by atoms with Gasteiger partial charge in [0.05, 0.1) is 45.5 Å². The highest BCUT2D eigenvalue weighted by Gasteiger charge is 2.24. The van der Waals surface area contributed by atoms with Crippen molar-refractivity contribution in [2.45, 2.75) is 359 Å². The molecule has 19 nitrogen and oxygen atoms in total. The third kappa shape index (κ3) is 43.8. The van der Waals surface area contributed by atoms with Crippen molar-refractivity contribution in [2.75, 3.05) is 13.2 Å². The molecule has 9 aromatic heterocycles. The first-order valence-corrected chi connectivity index (χ1v) is 45.3. The minimum Gasteiger partial charge on any atom is -0.449 e. The molecule has 2 atom stereocenters. The van der Waals surface area contributed by atoms with Crippen LogP contribution >= 0.6 is 45.3 Å². The zero-order valence-electron chi connectivity index (χ0n) is 76.5. The van der Waals surface area contributed by atoms with E-state index in [-0.39, 0.29) is 30.3 Å². The first kappa shape index (κ1) is 104. The minimum atomic E-state index is -0.0463. The van der Waals surface area contributed by atoms with E-state index in [0.29, 0.717) is 113 Å². The van der Waals surface area contributed by atoms with Crippen LogP contribution in [-0.4, -0.2) is 84.0 Å². The molecular weight excluding hydrogens is 1470 g/mol. The molecule has 0 aliphatic heterocycles. The molecule has 0 fully saturated rings. The van der Waals surface area contributed by atoms with Crippen LogP contribution in [0.4, 0.5) is 0 Å². The van der Waals surface area contributed by atoms with Gasteiger partial charge >= 0.3 is 0 Å². The van der Waals surface area contributed by atoms with Crippen molar-refractivity contribution in [3.05, 3.63) is 135 Å². The van der Waals surface area contributed by atoms with E-state index in [9.17, 15) is 0 Å². The Hall–Kier alpha value is -5.72. The molecule has 0 spiro atoms. The number of rotatable bonds is 29. The molecule has 0 aliphatic carbocycles. The number of nitrogens with zero attached hydrogens (tertiary/aromatic N) is 12. The zero-order chi connectivity index (χ0) is 85.4. The van der Waals surface area contributed by atoms with Crippen LogP contribution in [0.3, 0.4) is 0 Å². The number of nitrogens with two attached hydrogens (primary N) is 1. The molecule has 0 aliphatic rings. The number of aromatic amines is 1. The van der Waals surface area contributed by atoms with Crippen LogP contribution < -0.4 is 5.73 Å². The van der Waals surface area contributed by atoms with Crippen molar-refractivity contribution >= 4 is 45.3 Å². The van der Waals surface area contributed by atoms with Crippen LogP contribution in [-0.2, 0) is 44.9 Å². The summed E-state index contributed by atoms with van der Waals surface area (Å²) in [5.74, 6) is 15.9. The fourth-order valence-corrected chi connectivity index (χ4v) is 14.2. The van der Waals surface area contributed by atoms with Gasteiger partial charge in [-0.15, -0.1) is 86.1 Å². The highest BCUT2D eigenvalue weighted by molar-refractivity contribution is 7.11. The standard InChI is InChI=1S/C11H18S.C10H19N3O.C10H18N2O2.C10H18N2.C10H17NO.2C10H17NS.C9H16N2O.C9H16N2S/c1-8(2)5-11-6-10(7-12-11)9(3)4;1-6(2)8(5-11)10-13-12-9(14-10)7(3)4;1-6(2)8(5-13)10-12-11-9(14-10)7(3)4;1-7(2)5-10-11-6-9(12-10)8(3)4;2*1-7(2)5-10-11-9(6-12-10)8(3)4;1-7(2)5-9-6-12-10(11-9)8(3)4;2*1-6(2)5-8-10-11-9(12-8)7(3)4/h6-9H,5H2,1-4H3;6-8H,5,11H2,1-4H3;6-8,13H,5H2,1-4H3;6-8H,5H2,1-4H3,(H,11,12);3*6-8H,5H2,1-4H3;2*6-7H,5H2,1-4H3. The summed E-state index contributed by atoms with van der Waals surface area (Å²) >= 11 is 7.24. The Labute approximate surface area is 695 Å². The molecule has 636 valence electrons. The fraction of sp³-hybridized carbons (Fsp3) is 0.730. The monoisotopic (exact) mass is 1630 g/mol. The van der Waals surface area contributed by atoms with Crippen molar-refractivity contribution in [2.24, 2.45) is 59.0 Å².